The number of carbonyl (C=O) groups is 2. The normalized spacial score (nSPS) is 20.6. The molecule has 2 aliphatic rings. The van der Waals surface area contributed by atoms with Crippen LogP contribution in [0.3, 0.4) is 0 Å². The first kappa shape index (κ1) is 17.6. The summed E-state index contributed by atoms with van der Waals surface area (Å²) in [6, 6.07) is 6.11. The Morgan fingerprint density at radius 1 is 1.30 bits per heavy atom. The molecule has 0 spiro atoms. The van der Waals surface area contributed by atoms with Crippen LogP contribution < -0.4 is 0 Å². The van der Waals surface area contributed by atoms with Crippen LogP contribution in [-0.2, 0) is 4.74 Å². The van der Waals surface area contributed by atoms with Gasteiger partial charge in [-0.15, -0.1) is 11.3 Å². The topological polar surface area (TPSA) is 78.6 Å². The number of aromatic nitrogens is 1. The Bertz CT molecular complexity index is 891. The first-order valence-electron chi connectivity index (χ1n) is 8.99. The average molecular weight is 384 g/mol. The Hall–Kier alpha value is -2.79. The minimum Gasteiger partial charge on any atom is -0.447 e. The minimum absolute atomic E-state index is 0.0549. The summed E-state index contributed by atoms with van der Waals surface area (Å²) >= 11 is 1.31. The monoisotopic (exact) mass is 384 g/mol. The van der Waals surface area contributed by atoms with Crippen molar-refractivity contribution < 1.29 is 14.3 Å². The highest BCUT2D eigenvalue weighted by Gasteiger charge is 2.38. The number of likely N-dealkylation sites (tertiary alicyclic amines) is 1. The molecule has 0 saturated carbocycles. The number of piperidine rings is 1. The zero-order chi connectivity index (χ0) is 19.0. The predicted octanol–water partition coefficient (Wildman–Crippen LogP) is 2.86. The van der Waals surface area contributed by atoms with Crippen molar-refractivity contribution in [3.05, 3.63) is 40.3 Å². The van der Waals surface area contributed by atoms with Gasteiger partial charge in [-0.3, -0.25) is 9.69 Å². The SMILES string of the molecule is CC1COC(=O)N1C1CCN(C(=O)c2scc(C#N)c2-n2cccc2)CC1. The summed E-state index contributed by atoms with van der Waals surface area (Å²) < 4.78 is 6.94. The molecule has 8 heteroatoms. The summed E-state index contributed by atoms with van der Waals surface area (Å²) in [4.78, 5) is 29.2. The molecule has 2 fully saturated rings. The van der Waals surface area contributed by atoms with Crippen LogP contribution in [0.25, 0.3) is 5.69 Å². The maximum Gasteiger partial charge on any atom is 0.410 e. The standard InChI is InChI=1S/C19H20N4O3S/c1-13-11-26-19(25)23(13)15-4-8-22(9-5-15)18(24)17-16(14(10-20)12-27-17)21-6-2-3-7-21/h2-3,6-7,12-13,15H,4-5,8-9,11H2,1H3. The summed E-state index contributed by atoms with van der Waals surface area (Å²) in [7, 11) is 0. The molecule has 2 saturated heterocycles. The molecule has 2 aromatic rings. The molecule has 27 heavy (non-hydrogen) atoms. The number of nitrogens with zero attached hydrogens (tertiary/aromatic N) is 4. The largest absolute Gasteiger partial charge is 0.447 e. The lowest BCUT2D eigenvalue weighted by Gasteiger charge is -2.37. The second kappa shape index (κ2) is 7.08. The van der Waals surface area contributed by atoms with E-state index in [2.05, 4.69) is 6.07 Å². The number of carbonyl (C=O) groups excluding carboxylic acids is 2. The lowest BCUT2D eigenvalue weighted by atomic mass is 10.0. The maximum atomic E-state index is 13.1. The molecule has 0 N–H and O–H groups in total. The van der Waals surface area contributed by atoms with Crippen LogP contribution >= 0.6 is 11.3 Å². The number of rotatable bonds is 3. The van der Waals surface area contributed by atoms with E-state index in [1.54, 1.807) is 5.38 Å². The van der Waals surface area contributed by atoms with Gasteiger partial charge in [0.15, 0.2) is 0 Å². The molecule has 7 nitrogen and oxygen atoms in total. The Kier molecular flexibility index (Phi) is 4.62. The minimum atomic E-state index is -0.251. The van der Waals surface area contributed by atoms with E-state index >= 15 is 0 Å². The molecule has 1 atom stereocenters. The first-order valence-corrected chi connectivity index (χ1v) is 9.87. The van der Waals surface area contributed by atoms with Crippen LogP contribution in [0.2, 0.25) is 0 Å². The highest BCUT2D eigenvalue weighted by atomic mass is 32.1. The van der Waals surface area contributed by atoms with Gasteiger partial charge in [0.2, 0.25) is 0 Å². The number of hydrogen-bond acceptors (Lipinski definition) is 5. The summed E-state index contributed by atoms with van der Waals surface area (Å²) in [6.07, 6.45) is 4.90. The third-order valence-electron chi connectivity index (χ3n) is 5.22. The molecule has 1 unspecified atom stereocenters. The Balaban J connectivity index is 1.50. The molecule has 4 rings (SSSR count). The van der Waals surface area contributed by atoms with Crippen molar-refractivity contribution >= 4 is 23.3 Å². The number of nitriles is 1. The van der Waals surface area contributed by atoms with E-state index < -0.39 is 0 Å². The average Bonchev–Trinajstić information content (AvgIpc) is 3.41. The molecule has 0 radical (unpaired) electrons. The smallest absolute Gasteiger partial charge is 0.410 e. The summed E-state index contributed by atoms with van der Waals surface area (Å²) in [5.74, 6) is -0.0549. The fourth-order valence-electron chi connectivity index (χ4n) is 3.85. The summed E-state index contributed by atoms with van der Waals surface area (Å²) in [5.41, 5.74) is 1.15. The molecular weight excluding hydrogens is 364 g/mol. The van der Waals surface area contributed by atoms with Crippen LogP contribution in [-0.4, -0.2) is 58.1 Å². The van der Waals surface area contributed by atoms with Gasteiger partial charge in [0.25, 0.3) is 5.91 Å². The maximum absolute atomic E-state index is 13.1. The molecule has 2 aliphatic heterocycles. The highest BCUT2D eigenvalue weighted by Crippen LogP contribution is 2.30. The van der Waals surface area contributed by atoms with Crippen LogP contribution in [0.15, 0.2) is 29.9 Å². The number of ether oxygens (including phenoxy) is 1. The molecule has 2 aromatic heterocycles. The van der Waals surface area contributed by atoms with Crippen molar-refractivity contribution in [3.63, 3.8) is 0 Å². The van der Waals surface area contributed by atoms with Gasteiger partial charge in [-0.25, -0.2) is 4.79 Å². The number of amides is 2. The van der Waals surface area contributed by atoms with Gasteiger partial charge in [0.1, 0.15) is 17.6 Å². The molecule has 0 bridgehead atoms. The lowest BCUT2D eigenvalue weighted by Crippen LogP contribution is -2.49. The Labute approximate surface area is 161 Å². The van der Waals surface area contributed by atoms with E-state index in [0.717, 1.165) is 12.8 Å². The second-order valence-electron chi connectivity index (χ2n) is 6.89. The van der Waals surface area contributed by atoms with Crippen LogP contribution in [0.5, 0.6) is 0 Å². The molecule has 2 amide bonds. The van der Waals surface area contributed by atoms with Crippen LogP contribution in [0.4, 0.5) is 4.79 Å². The summed E-state index contributed by atoms with van der Waals surface area (Å²) in [5, 5.41) is 11.1. The number of hydrogen-bond donors (Lipinski definition) is 0. The predicted molar refractivity (Wildman–Crippen MR) is 99.9 cm³/mol. The van der Waals surface area contributed by atoms with Gasteiger partial charge in [-0.1, -0.05) is 0 Å². The van der Waals surface area contributed by atoms with Gasteiger partial charge in [-0.05, 0) is 31.9 Å². The summed E-state index contributed by atoms with van der Waals surface area (Å²) in [6.45, 7) is 3.60. The number of cyclic esters (lactones) is 1. The molecule has 0 aromatic carbocycles. The first-order chi connectivity index (χ1) is 13.1. The van der Waals surface area contributed by atoms with Gasteiger partial charge in [0, 0.05) is 36.9 Å². The highest BCUT2D eigenvalue weighted by molar-refractivity contribution is 7.12. The van der Waals surface area contributed by atoms with Gasteiger partial charge < -0.3 is 14.2 Å². The second-order valence-corrected chi connectivity index (χ2v) is 7.77. The third kappa shape index (κ3) is 3.08. The Morgan fingerprint density at radius 3 is 2.59 bits per heavy atom. The van der Waals surface area contributed by atoms with Crippen molar-refractivity contribution in [2.24, 2.45) is 0 Å². The fraction of sp³-hybridized carbons (Fsp3) is 0.421. The molecule has 0 aliphatic carbocycles. The van der Waals surface area contributed by atoms with Gasteiger partial charge >= 0.3 is 6.09 Å². The number of thiophene rings is 1. The zero-order valence-corrected chi connectivity index (χ0v) is 15.8. The molecular formula is C19H20N4O3S. The van der Waals surface area contributed by atoms with E-state index in [9.17, 15) is 14.9 Å². The Morgan fingerprint density at radius 2 is 2.00 bits per heavy atom. The van der Waals surface area contributed by atoms with Crippen molar-refractivity contribution in [2.45, 2.75) is 31.8 Å². The van der Waals surface area contributed by atoms with Gasteiger partial charge in [-0.2, -0.15) is 5.26 Å². The van der Waals surface area contributed by atoms with E-state index in [1.165, 1.54) is 11.3 Å². The van der Waals surface area contributed by atoms with Crippen molar-refractivity contribution in [2.75, 3.05) is 19.7 Å². The van der Waals surface area contributed by atoms with E-state index in [1.807, 2.05) is 45.8 Å². The van der Waals surface area contributed by atoms with E-state index in [0.29, 0.717) is 35.8 Å². The fourth-order valence-corrected chi connectivity index (χ4v) is 4.81. The van der Waals surface area contributed by atoms with Crippen molar-refractivity contribution in [1.82, 2.24) is 14.4 Å². The zero-order valence-electron chi connectivity index (χ0n) is 15.0. The van der Waals surface area contributed by atoms with Crippen molar-refractivity contribution in [3.8, 4) is 11.8 Å². The van der Waals surface area contributed by atoms with Crippen LogP contribution in [0.1, 0.15) is 35.0 Å². The van der Waals surface area contributed by atoms with E-state index in [4.69, 9.17) is 4.74 Å². The van der Waals surface area contributed by atoms with Crippen molar-refractivity contribution in [1.29, 1.82) is 5.26 Å². The van der Waals surface area contributed by atoms with E-state index in [-0.39, 0.29) is 24.1 Å². The lowest BCUT2D eigenvalue weighted by molar-refractivity contribution is 0.0646. The molecule has 140 valence electrons. The quantitative estimate of drug-likeness (QED) is 0.815. The molecule has 4 heterocycles. The third-order valence-corrected chi connectivity index (χ3v) is 6.18. The van der Waals surface area contributed by atoms with Crippen LogP contribution in [0, 0.1) is 11.3 Å². The van der Waals surface area contributed by atoms with Gasteiger partial charge in [0.05, 0.1) is 17.3 Å².